The summed E-state index contributed by atoms with van der Waals surface area (Å²) < 4.78 is 1.35. The zero-order valence-electron chi connectivity index (χ0n) is 10.7. The summed E-state index contributed by atoms with van der Waals surface area (Å²) in [6, 6.07) is 9.89. The molecule has 0 radical (unpaired) electrons. The maximum Gasteiger partial charge on any atom is 0.337 e. The molecule has 5 heteroatoms. The number of pyridine rings is 1. The first kappa shape index (κ1) is 12.9. The van der Waals surface area contributed by atoms with Crippen molar-refractivity contribution in [1.29, 1.82) is 0 Å². The van der Waals surface area contributed by atoms with Gasteiger partial charge < -0.3 is 10.0 Å². The van der Waals surface area contributed by atoms with E-state index in [1.807, 2.05) is 37.2 Å². The van der Waals surface area contributed by atoms with Crippen LogP contribution >= 0.6 is 0 Å². The first-order chi connectivity index (χ1) is 9.00. The van der Waals surface area contributed by atoms with E-state index in [0.717, 1.165) is 5.69 Å². The second-order valence-corrected chi connectivity index (χ2v) is 4.31. The highest BCUT2D eigenvalue weighted by Crippen LogP contribution is 2.21. The van der Waals surface area contributed by atoms with Gasteiger partial charge in [0.05, 0.1) is 16.9 Å². The number of carboxylic acid groups (broad SMARTS) is 1. The quantitative estimate of drug-likeness (QED) is 0.908. The summed E-state index contributed by atoms with van der Waals surface area (Å²) in [4.78, 5) is 24.8. The van der Waals surface area contributed by atoms with Crippen LogP contribution in [0.5, 0.6) is 0 Å². The van der Waals surface area contributed by atoms with E-state index in [2.05, 4.69) is 0 Å². The molecule has 0 amide bonds. The molecule has 19 heavy (non-hydrogen) atoms. The summed E-state index contributed by atoms with van der Waals surface area (Å²) in [5.41, 5.74) is 1.31. The summed E-state index contributed by atoms with van der Waals surface area (Å²) in [5, 5.41) is 9.00. The van der Waals surface area contributed by atoms with Crippen LogP contribution in [-0.2, 0) is 0 Å². The highest BCUT2D eigenvalue weighted by molar-refractivity contribution is 5.87. The van der Waals surface area contributed by atoms with E-state index in [1.54, 1.807) is 6.07 Å². The number of anilines is 1. The zero-order chi connectivity index (χ0) is 14.0. The van der Waals surface area contributed by atoms with E-state index >= 15 is 0 Å². The topological polar surface area (TPSA) is 62.5 Å². The van der Waals surface area contributed by atoms with Crippen LogP contribution in [0.1, 0.15) is 10.4 Å². The zero-order valence-corrected chi connectivity index (χ0v) is 10.7. The van der Waals surface area contributed by atoms with Crippen LogP contribution in [0.2, 0.25) is 0 Å². The summed E-state index contributed by atoms with van der Waals surface area (Å²) in [5.74, 6) is -1.06. The number of para-hydroxylation sites is 2. The van der Waals surface area contributed by atoms with Gasteiger partial charge in [0.2, 0.25) is 0 Å². The Morgan fingerprint density at radius 2 is 1.84 bits per heavy atom. The lowest BCUT2D eigenvalue weighted by Crippen LogP contribution is -2.21. The first-order valence-electron chi connectivity index (χ1n) is 5.73. The number of nitrogens with zero attached hydrogens (tertiary/aromatic N) is 2. The third-order valence-corrected chi connectivity index (χ3v) is 2.78. The van der Waals surface area contributed by atoms with Crippen LogP contribution in [0.3, 0.4) is 0 Å². The maximum atomic E-state index is 11.9. The van der Waals surface area contributed by atoms with E-state index < -0.39 is 5.97 Å². The molecule has 0 unspecified atom stereocenters. The van der Waals surface area contributed by atoms with Crippen molar-refractivity contribution in [2.24, 2.45) is 0 Å². The van der Waals surface area contributed by atoms with E-state index in [0.29, 0.717) is 5.69 Å². The van der Waals surface area contributed by atoms with E-state index in [9.17, 15) is 9.59 Å². The third kappa shape index (κ3) is 2.49. The standard InChI is InChI=1S/C14H14N2O3/c1-15(2)11-5-3-4-6-12(11)16-9-10(14(18)19)7-8-13(16)17/h3-9H,1-2H3,(H,18,19). The fourth-order valence-corrected chi connectivity index (χ4v) is 1.85. The molecule has 0 aliphatic rings. The number of rotatable bonds is 3. The molecule has 98 valence electrons. The molecule has 0 atom stereocenters. The SMILES string of the molecule is CN(C)c1ccccc1-n1cc(C(=O)O)ccc1=O. The van der Waals surface area contributed by atoms with Crippen molar-refractivity contribution >= 4 is 11.7 Å². The molecule has 2 rings (SSSR count). The van der Waals surface area contributed by atoms with Crippen LogP contribution in [0.4, 0.5) is 5.69 Å². The first-order valence-corrected chi connectivity index (χ1v) is 5.73. The predicted octanol–water partition coefficient (Wildman–Crippen LogP) is 1.60. The average molecular weight is 258 g/mol. The van der Waals surface area contributed by atoms with Crippen molar-refractivity contribution in [1.82, 2.24) is 4.57 Å². The van der Waals surface area contributed by atoms with E-state index in [4.69, 9.17) is 5.11 Å². The Hall–Kier alpha value is -2.56. The lowest BCUT2D eigenvalue weighted by atomic mass is 10.2. The van der Waals surface area contributed by atoms with Gasteiger partial charge in [0.1, 0.15) is 0 Å². The summed E-state index contributed by atoms with van der Waals surface area (Å²) in [6.07, 6.45) is 1.34. The van der Waals surface area contributed by atoms with Gasteiger partial charge in [-0.25, -0.2) is 4.79 Å². The lowest BCUT2D eigenvalue weighted by molar-refractivity contribution is 0.0696. The van der Waals surface area contributed by atoms with Crippen molar-refractivity contribution in [2.45, 2.75) is 0 Å². The van der Waals surface area contributed by atoms with Gasteiger partial charge in [-0.1, -0.05) is 12.1 Å². The highest BCUT2D eigenvalue weighted by Gasteiger charge is 2.10. The fourth-order valence-electron chi connectivity index (χ4n) is 1.85. The molecule has 1 N–H and O–H groups in total. The minimum absolute atomic E-state index is 0.0770. The van der Waals surface area contributed by atoms with Gasteiger partial charge in [-0.15, -0.1) is 0 Å². The monoisotopic (exact) mass is 258 g/mol. The molecule has 0 aliphatic carbocycles. The molecule has 1 heterocycles. The summed E-state index contributed by atoms with van der Waals surface area (Å²) in [7, 11) is 3.73. The number of hydrogen-bond acceptors (Lipinski definition) is 3. The Morgan fingerprint density at radius 1 is 1.16 bits per heavy atom. The van der Waals surface area contributed by atoms with Gasteiger partial charge in [0.25, 0.3) is 5.56 Å². The van der Waals surface area contributed by atoms with Gasteiger partial charge >= 0.3 is 5.97 Å². The Kier molecular flexibility index (Phi) is 3.37. The molecule has 0 saturated carbocycles. The number of benzene rings is 1. The lowest BCUT2D eigenvalue weighted by Gasteiger charge is -2.18. The molecule has 2 aromatic rings. The second-order valence-electron chi connectivity index (χ2n) is 4.31. The Labute approximate surface area is 110 Å². The third-order valence-electron chi connectivity index (χ3n) is 2.78. The molecule has 1 aromatic carbocycles. The number of hydrogen-bond donors (Lipinski definition) is 1. The molecule has 0 bridgehead atoms. The normalized spacial score (nSPS) is 10.2. The van der Waals surface area contributed by atoms with Gasteiger partial charge in [-0.3, -0.25) is 9.36 Å². The number of carbonyl (C=O) groups is 1. The molecule has 0 fully saturated rings. The average Bonchev–Trinajstić information content (AvgIpc) is 2.39. The Balaban J connectivity index is 2.68. The van der Waals surface area contributed by atoms with Crippen LogP contribution in [0, 0.1) is 0 Å². The van der Waals surface area contributed by atoms with Crippen LogP contribution in [-0.4, -0.2) is 29.7 Å². The van der Waals surface area contributed by atoms with Crippen molar-refractivity contribution in [3.05, 3.63) is 58.5 Å². The smallest absolute Gasteiger partial charge is 0.337 e. The summed E-state index contributed by atoms with van der Waals surface area (Å²) in [6.45, 7) is 0. The molecule has 0 aliphatic heterocycles. The maximum absolute atomic E-state index is 11.9. The number of carboxylic acids is 1. The predicted molar refractivity (Wildman–Crippen MR) is 73.3 cm³/mol. The van der Waals surface area contributed by atoms with Crippen LogP contribution < -0.4 is 10.5 Å². The van der Waals surface area contributed by atoms with Gasteiger partial charge in [0, 0.05) is 26.4 Å². The van der Waals surface area contributed by atoms with E-state index in [-0.39, 0.29) is 11.1 Å². The van der Waals surface area contributed by atoms with Crippen molar-refractivity contribution < 1.29 is 9.90 Å². The molecular weight excluding hydrogens is 244 g/mol. The van der Waals surface area contributed by atoms with Gasteiger partial charge in [0.15, 0.2) is 0 Å². The number of aromatic carboxylic acids is 1. The van der Waals surface area contributed by atoms with Crippen molar-refractivity contribution in [2.75, 3.05) is 19.0 Å². The minimum Gasteiger partial charge on any atom is -0.478 e. The highest BCUT2D eigenvalue weighted by atomic mass is 16.4. The van der Waals surface area contributed by atoms with Crippen molar-refractivity contribution in [3.8, 4) is 5.69 Å². The van der Waals surface area contributed by atoms with E-state index in [1.165, 1.54) is 22.9 Å². The largest absolute Gasteiger partial charge is 0.478 e. The van der Waals surface area contributed by atoms with Crippen LogP contribution in [0.15, 0.2) is 47.4 Å². The molecule has 5 nitrogen and oxygen atoms in total. The second kappa shape index (κ2) is 4.97. The van der Waals surface area contributed by atoms with Gasteiger partial charge in [-0.05, 0) is 18.2 Å². The Bertz CT molecular complexity index is 674. The molecular formula is C14H14N2O3. The minimum atomic E-state index is -1.06. The molecule has 1 aromatic heterocycles. The fraction of sp³-hybridized carbons (Fsp3) is 0.143. The summed E-state index contributed by atoms with van der Waals surface area (Å²) >= 11 is 0. The number of aromatic nitrogens is 1. The van der Waals surface area contributed by atoms with Crippen molar-refractivity contribution in [3.63, 3.8) is 0 Å². The van der Waals surface area contributed by atoms with Crippen LogP contribution in [0.25, 0.3) is 5.69 Å². The van der Waals surface area contributed by atoms with Gasteiger partial charge in [-0.2, -0.15) is 0 Å². The molecule has 0 saturated heterocycles. The Morgan fingerprint density at radius 3 is 2.47 bits per heavy atom. The molecule has 0 spiro atoms.